The Bertz CT molecular complexity index is 1660. The van der Waals surface area contributed by atoms with E-state index in [4.69, 9.17) is 26.1 Å². The molecule has 9 nitrogen and oxygen atoms in total. The second-order valence-corrected chi connectivity index (χ2v) is 22.6. The van der Waals surface area contributed by atoms with E-state index in [1.807, 2.05) is 0 Å². The Morgan fingerprint density at radius 3 is 2.09 bits per heavy atom. The number of carbonyl (C=O) groups is 1. The van der Waals surface area contributed by atoms with Crippen molar-refractivity contribution in [2.75, 3.05) is 20.7 Å². The first-order valence-corrected chi connectivity index (χ1v) is 23.6. The molecule has 0 amide bonds. The molecule has 3 aliphatic carbocycles. The van der Waals surface area contributed by atoms with E-state index in [2.05, 4.69) is 93.2 Å². The fourth-order valence-corrected chi connectivity index (χ4v) is 11.0. The van der Waals surface area contributed by atoms with Crippen LogP contribution in [0.5, 0.6) is 6.01 Å². The van der Waals surface area contributed by atoms with Crippen molar-refractivity contribution in [2.45, 2.75) is 195 Å². The third kappa shape index (κ3) is 11.6. The number of hydrogen-bond acceptors (Lipinski definition) is 7. The number of fused-ring (bicyclic) bond motifs is 1. The van der Waals surface area contributed by atoms with Gasteiger partial charge in [0.2, 0.25) is 0 Å². The Morgan fingerprint density at radius 2 is 1.53 bits per heavy atom. The predicted octanol–water partition coefficient (Wildman–Crippen LogP) is 10.8. The number of alkyl halides is 1. The van der Waals surface area contributed by atoms with Crippen molar-refractivity contribution in [1.82, 2.24) is 19.3 Å². The maximum atomic E-state index is 15.3. The molecule has 58 heavy (non-hydrogen) atoms. The number of aliphatic hydroxyl groups excluding tert-OH is 1. The molecule has 2 N–H and O–H groups in total. The number of rotatable bonds is 15. The van der Waals surface area contributed by atoms with Gasteiger partial charge in [0.05, 0.1) is 12.7 Å². The number of halogens is 1. The standard InChI is InChI=1S/C48H81ClN4O5/c1-29(2)14-13-15-30(3)24-25-57-45-50-43-41(44(55)58-42-36(47(5,6)7)26-31(4)27-37(42)48(8,9)10)40(33-16-20-34(49)21-17-33)38(53(43)46(56)51-45)28-39(54)32-18-22-35(23-19-32)52(11)12/h29-37,39,42,54H,13-28H2,1-12H3,(H,50,51,56). The molecule has 0 spiro atoms. The van der Waals surface area contributed by atoms with Gasteiger partial charge >= 0.3 is 11.7 Å². The van der Waals surface area contributed by atoms with Crippen molar-refractivity contribution in [2.24, 2.45) is 46.3 Å². The van der Waals surface area contributed by atoms with Gasteiger partial charge in [-0.2, -0.15) is 4.98 Å². The van der Waals surface area contributed by atoms with Crippen molar-refractivity contribution in [3.05, 3.63) is 27.3 Å². The Hall–Kier alpha value is -2.10. The number of aromatic amines is 1. The van der Waals surface area contributed by atoms with E-state index in [0.29, 0.717) is 41.7 Å². The average Bonchev–Trinajstić information content (AvgIpc) is 3.45. The fourth-order valence-electron chi connectivity index (χ4n) is 10.8. The number of H-pyrrole nitrogens is 1. The van der Waals surface area contributed by atoms with Crippen molar-refractivity contribution in [1.29, 1.82) is 0 Å². The summed E-state index contributed by atoms with van der Waals surface area (Å²) in [5.74, 6) is 1.65. The zero-order chi connectivity index (χ0) is 42.7. The molecular formula is C48H81ClN4O5. The van der Waals surface area contributed by atoms with Gasteiger partial charge in [-0.15, -0.1) is 11.6 Å². The fraction of sp³-hybridized carbons (Fsp3) is 0.854. The first kappa shape index (κ1) is 47.0. The SMILES string of the molecule is CC(C)CCCC(C)CCOc1nc2c(C(=O)OC3C(C(C)(C)C)CC(C)CC3C(C)(C)C)c(C3CCC(Cl)CC3)c(CC(O)C3CCC(N(C)C)CC3)n2c(=O)[nH]1. The summed E-state index contributed by atoms with van der Waals surface area (Å²) in [4.78, 5) is 40.0. The van der Waals surface area contributed by atoms with Crippen LogP contribution in [-0.4, -0.2) is 74.7 Å². The summed E-state index contributed by atoms with van der Waals surface area (Å²) in [6.07, 6.45) is 12.7. The summed E-state index contributed by atoms with van der Waals surface area (Å²) in [5.41, 5.74) is 1.56. The van der Waals surface area contributed by atoms with E-state index in [9.17, 15) is 9.90 Å². The Kier molecular flexibility index (Phi) is 16.0. The van der Waals surface area contributed by atoms with Crippen molar-refractivity contribution < 1.29 is 19.4 Å². The molecule has 4 unspecified atom stereocenters. The quantitative estimate of drug-likeness (QED) is 0.136. The monoisotopic (exact) mass is 829 g/mol. The lowest BCUT2D eigenvalue weighted by molar-refractivity contribution is -0.0923. The third-order valence-electron chi connectivity index (χ3n) is 14.5. The number of ether oxygens (including phenoxy) is 2. The van der Waals surface area contributed by atoms with Crippen molar-refractivity contribution in [3.8, 4) is 6.01 Å². The molecule has 2 aromatic rings. The molecule has 330 valence electrons. The van der Waals surface area contributed by atoms with Gasteiger partial charge in [-0.05, 0) is 131 Å². The molecule has 3 saturated carbocycles. The molecular weight excluding hydrogens is 748 g/mol. The number of nitrogens with zero attached hydrogens (tertiary/aromatic N) is 3. The van der Waals surface area contributed by atoms with Crippen LogP contribution in [0, 0.1) is 46.3 Å². The largest absolute Gasteiger partial charge is 0.465 e. The lowest BCUT2D eigenvalue weighted by Crippen LogP contribution is -2.49. The smallest absolute Gasteiger partial charge is 0.342 e. The number of esters is 1. The van der Waals surface area contributed by atoms with Crippen LogP contribution in [0.1, 0.15) is 187 Å². The summed E-state index contributed by atoms with van der Waals surface area (Å²) in [5, 5.41) is 12.1. The summed E-state index contributed by atoms with van der Waals surface area (Å²) in [6.45, 7) is 23.1. The molecule has 3 fully saturated rings. The highest BCUT2D eigenvalue weighted by atomic mass is 35.5. The van der Waals surface area contributed by atoms with E-state index in [-0.39, 0.29) is 64.1 Å². The summed E-state index contributed by atoms with van der Waals surface area (Å²) in [6, 6.07) is 0.626. The predicted molar refractivity (Wildman–Crippen MR) is 237 cm³/mol. The Balaban J connectivity index is 1.60. The van der Waals surface area contributed by atoms with Crippen LogP contribution in [0.25, 0.3) is 5.65 Å². The third-order valence-corrected chi connectivity index (χ3v) is 14.9. The molecule has 4 atom stereocenters. The highest BCUT2D eigenvalue weighted by Crippen LogP contribution is 2.50. The number of nitrogens with one attached hydrogen (secondary N) is 1. The Morgan fingerprint density at radius 1 is 0.931 bits per heavy atom. The second kappa shape index (κ2) is 19.7. The molecule has 0 saturated heterocycles. The van der Waals surface area contributed by atoms with Gasteiger partial charge in [0.15, 0.2) is 5.65 Å². The summed E-state index contributed by atoms with van der Waals surface area (Å²) < 4.78 is 14.7. The number of aromatic nitrogens is 3. The molecule has 3 aliphatic rings. The first-order valence-electron chi connectivity index (χ1n) is 23.1. The molecule has 0 aromatic carbocycles. The summed E-state index contributed by atoms with van der Waals surface area (Å²) in [7, 11) is 4.26. The van der Waals surface area contributed by atoms with E-state index in [1.54, 1.807) is 4.40 Å². The number of carbonyl (C=O) groups excluding carboxylic acids is 1. The highest BCUT2D eigenvalue weighted by molar-refractivity contribution is 6.20. The van der Waals surface area contributed by atoms with Crippen LogP contribution in [-0.2, 0) is 11.2 Å². The van der Waals surface area contributed by atoms with E-state index in [0.717, 1.165) is 82.6 Å². The van der Waals surface area contributed by atoms with E-state index in [1.165, 1.54) is 12.8 Å². The first-order chi connectivity index (χ1) is 27.1. The lowest BCUT2D eigenvalue weighted by Gasteiger charge is -2.50. The van der Waals surface area contributed by atoms with E-state index < -0.39 is 17.8 Å². The normalized spacial score (nSPS) is 28.6. The minimum atomic E-state index is -0.670. The molecule has 0 bridgehead atoms. The molecule has 10 heteroatoms. The van der Waals surface area contributed by atoms with Gasteiger partial charge in [0.1, 0.15) is 11.7 Å². The second-order valence-electron chi connectivity index (χ2n) is 22.0. The van der Waals surface area contributed by atoms with Gasteiger partial charge in [-0.1, -0.05) is 88.5 Å². The van der Waals surface area contributed by atoms with Crippen LogP contribution in [0.15, 0.2) is 4.79 Å². The van der Waals surface area contributed by atoms with Gasteiger partial charge in [0, 0.05) is 35.4 Å². The van der Waals surface area contributed by atoms with Gasteiger partial charge in [0.25, 0.3) is 6.01 Å². The lowest BCUT2D eigenvalue weighted by atomic mass is 9.59. The molecule has 5 rings (SSSR count). The highest BCUT2D eigenvalue weighted by Gasteiger charge is 2.49. The average molecular weight is 830 g/mol. The minimum absolute atomic E-state index is 0.0235. The van der Waals surface area contributed by atoms with Gasteiger partial charge in [-0.3, -0.25) is 4.98 Å². The molecule has 2 aromatic heterocycles. The molecule has 0 aliphatic heterocycles. The zero-order valence-electron chi connectivity index (χ0n) is 38.5. The van der Waals surface area contributed by atoms with Gasteiger partial charge < -0.3 is 19.5 Å². The minimum Gasteiger partial charge on any atom is -0.465 e. The Labute approximate surface area is 356 Å². The van der Waals surface area contributed by atoms with E-state index >= 15 is 4.79 Å². The zero-order valence-corrected chi connectivity index (χ0v) is 39.2. The maximum absolute atomic E-state index is 15.3. The molecule has 0 radical (unpaired) electrons. The number of hydrogen-bond donors (Lipinski definition) is 2. The van der Waals surface area contributed by atoms with Crippen LogP contribution < -0.4 is 10.4 Å². The van der Waals surface area contributed by atoms with Crippen molar-refractivity contribution in [3.63, 3.8) is 0 Å². The van der Waals surface area contributed by atoms with Gasteiger partial charge in [-0.25, -0.2) is 14.0 Å². The van der Waals surface area contributed by atoms with Crippen LogP contribution in [0.2, 0.25) is 0 Å². The molecule has 2 heterocycles. The van der Waals surface area contributed by atoms with Crippen molar-refractivity contribution >= 4 is 23.2 Å². The van der Waals surface area contributed by atoms with Crippen LogP contribution in [0.4, 0.5) is 0 Å². The topological polar surface area (TPSA) is 109 Å². The summed E-state index contributed by atoms with van der Waals surface area (Å²) >= 11 is 6.70. The maximum Gasteiger partial charge on any atom is 0.342 e. The number of aliphatic hydroxyl groups is 1. The van der Waals surface area contributed by atoms with Crippen LogP contribution in [0.3, 0.4) is 0 Å². The van der Waals surface area contributed by atoms with Crippen LogP contribution >= 0.6 is 11.6 Å².